The van der Waals surface area contributed by atoms with Crippen LogP contribution in [0.4, 0.5) is 5.69 Å². The fraction of sp³-hybridized carbons (Fsp3) is 0.233. The molecule has 11 heteroatoms. The number of hydrogen-bond donors (Lipinski definition) is 3. The maximum absolute atomic E-state index is 13.5. The molecule has 9 nitrogen and oxygen atoms in total. The third-order valence-corrected chi connectivity index (χ3v) is 7.71. The standard InChI is InChI=1S/C30H28Cl2N4O5/c1-34-15-21(14-33)20-11-25(31)28(26(32)12-20)29(37)36-16-19-3-2-4-22(24(19)17-41-36)18-5-6-23(30(38)39)27(13-18)35-7-9-40-10-8-35/h2-6,11-15,33-34H,7-10,16-17H2,1H3,(H,38,39)/b21-15+,33-14?. The molecule has 41 heavy (non-hydrogen) atoms. The van der Waals surface area contributed by atoms with E-state index >= 15 is 0 Å². The summed E-state index contributed by atoms with van der Waals surface area (Å²) in [7, 11) is 1.72. The first-order valence-electron chi connectivity index (χ1n) is 13.0. The molecular weight excluding hydrogens is 567 g/mol. The molecule has 0 spiro atoms. The summed E-state index contributed by atoms with van der Waals surface area (Å²) >= 11 is 13.0. The number of carboxylic acids is 1. The van der Waals surface area contributed by atoms with E-state index in [0.717, 1.165) is 22.3 Å². The lowest BCUT2D eigenvalue weighted by Gasteiger charge is -2.31. The van der Waals surface area contributed by atoms with Crippen molar-refractivity contribution in [1.29, 1.82) is 5.41 Å². The summed E-state index contributed by atoms with van der Waals surface area (Å²) in [6.45, 7) is 2.59. The molecule has 2 aliphatic rings. The van der Waals surface area contributed by atoms with E-state index in [-0.39, 0.29) is 34.3 Å². The van der Waals surface area contributed by atoms with Gasteiger partial charge in [-0.05, 0) is 52.1 Å². The summed E-state index contributed by atoms with van der Waals surface area (Å²) in [6, 6.07) is 14.3. The van der Waals surface area contributed by atoms with Crippen LogP contribution in [0, 0.1) is 5.41 Å². The van der Waals surface area contributed by atoms with E-state index in [0.29, 0.717) is 43.1 Å². The Morgan fingerprint density at radius 2 is 1.80 bits per heavy atom. The summed E-state index contributed by atoms with van der Waals surface area (Å²) in [5, 5.41) is 21.8. The van der Waals surface area contributed by atoms with Gasteiger partial charge in [0.2, 0.25) is 0 Å². The van der Waals surface area contributed by atoms with Crippen molar-refractivity contribution in [3.8, 4) is 11.1 Å². The van der Waals surface area contributed by atoms with Gasteiger partial charge in [-0.15, -0.1) is 0 Å². The monoisotopic (exact) mass is 594 g/mol. The Morgan fingerprint density at radius 3 is 2.46 bits per heavy atom. The molecule has 1 amide bonds. The number of carbonyl (C=O) groups excluding carboxylic acids is 1. The van der Waals surface area contributed by atoms with Gasteiger partial charge >= 0.3 is 5.97 Å². The summed E-state index contributed by atoms with van der Waals surface area (Å²) in [5.74, 6) is -1.46. The first-order chi connectivity index (χ1) is 19.8. The average Bonchev–Trinajstić information content (AvgIpc) is 2.98. The Labute approximate surface area is 247 Å². The molecule has 1 saturated heterocycles. The highest BCUT2D eigenvalue weighted by Crippen LogP contribution is 2.36. The van der Waals surface area contributed by atoms with E-state index < -0.39 is 11.9 Å². The molecule has 0 aromatic heterocycles. The smallest absolute Gasteiger partial charge is 0.337 e. The molecule has 0 atom stereocenters. The Morgan fingerprint density at radius 1 is 1.07 bits per heavy atom. The molecular formula is C30H28Cl2N4O5. The Balaban J connectivity index is 1.44. The van der Waals surface area contributed by atoms with Crippen LogP contribution in [0.15, 0.2) is 54.7 Å². The Hall–Kier alpha value is -3.89. The summed E-state index contributed by atoms with van der Waals surface area (Å²) in [6.07, 6.45) is 2.80. The molecule has 2 aliphatic heterocycles. The lowest BCUT2D eigenvalue weighted by atomic mass is 9.93. The normalized spacial score (nSPS) is 15.3. The zero-order valence-corrected chi connectivity index (χ0v) is 23.8. The van der Waals surface area contributed by atoms with Crippen molar-refractivity contribution in [3.63, 3.8) is 0 Å². The van der Waals surface area contributed by atoms with Gasteiger partial charge in [0.15, 0.2) is 0 Å². The number of carbonyl (C=O) groups is 2. The van der Waals surface area contributed by atoms with Gasteiger partial charge in [-0.3, -0.25) is 9.63 Å². The number of fused-ring (bicyclic) bond motifs is 1. The van der Waals surface area contributed by atoms with Gasteiger partial charge in [0.1, 0.15) is 6.61 Å². The van der Waals surface area contributed by atoms with Crippen LogP contribution in [0.2, 0.25) is 10.0 Å². The van der Waals surface area contributed by atoms with E-state index in [1.807, 2.05) is 29.2 Å². The molecule has 3 N–H and O–H groups in total. The van der Waals surface area contributed by atoms with Crippen LogP contribution in [0.5, 0.6) is 0 Å². The number of nitrogens with one attached hydrogen (secondary N) is 2. The fourth-order valence-corrected chi connectivity index (χ4v) is 5.72. The number of amides is 1. The van der Waals surface area contributed by atoms with Crippen molar-refractivity contribution in [1.82, 2.24) is 10.4 Å². The summed E-state index contributed by atoms with van der Waals surface area (Å²) < 4.78 is 5.45. The topological polar surface area (TPSA) is 115 Å². The second kappa shape index (κ2) is 12.3. The molecule has 0 aliphatic carbocycles. The van der Waals surface area contributed by atoms with Crippen molar-refractivity contribution in [2.45, 2.75) is 13.2 Å². The third-order valence-electron chi connectivity index (χ3n) is 7.11. The number of allylic oxidation sites excluding steroid dienone is 1. The second-order valence-electron chi connectivity index (χ2n) is 9.54. The third kappa shape index (κ3) is 5.80. The number of anilines is 1. The first kappa shape index (κ1) is 28.6. The Kier molecular flexibility index (Phi) is 8.60. The highest BCUT2D eigenvalue weighted by atomic mass is 35.5. The van der Waals surface area contributed by atoms with Crippen LogP contribution in [0.3, 0.4) is 0 Å². The van der Waals surface area contributed by atoms with Gasteiger partial charge in [-0.2, -0.15) is 0 Å². The first-order valence-corrected chi connectivity index (χ1v) is 13.7. The van der Waals surface area contributed by atoms with Gasteiger partial charge in [0.25, 0.3) is 5.91 Å². The van der Waals surface area contributed by atoms with Crippen molar-refractivity contribution in [2.24, 2.45) is 0 Å². The number of ether oxygens (including phenoxy) is 1. The molecule has 2 heterocycles. The zero-order chi connectivity index (χ0) is 29.1. The molecule has 0 bridgehead atoms. The van der Waals surface area contributed by atoms with Crippen molar-refractivity contribution in [3.05, 3.63) is 92.6 Å². The van der Waals surface area contributed by atoms with Crippen LogP contribution in [-0.4, -0.2) is 61.6 Å². The molecule has 0 radical (unpaired) electrons. The number of hydrogen-bond acceptors (Lipinski definition) is 7. The summed E-state index contributed by atoms with van der Waals surface area (Å²) in [5.41, 5.74) is 5.71. The van der Waals surface area contributed by atoms with E-state index in [1.165, 1.54) is 11.3 Å². The predicted octanol–water partition coefficient (Wildman–Crippen LogP) is 5.49. The van der Waals surface area contributed by atoms with E-state index in [2.05, 4.69) is 5.32 Å². The second-order valence-corrected chi connectivity index (χ2v) is 10.4. The quantitative estimate of drug-likeness (QED) is 0.310. The number of benzene rings is 3. The average molecular weight is 595 g/mol. The molecule has 0 unspecified atom stereocenters. The van der Waals surface area contributed by atoms with Crippen molar-refractivity contribution in [2.75, 3.05) is 38.3 Å². The maximum Gasteiger partial charge on any atom is 0.337 e. The van der Waals surface area contributed by atoms with E-state index in [4.69, 9.17) is 38.2 Å². The van der Waals surface area contributed by atoms with Crippen molar-refractivity contribution < 1.29 is 24.3 Å². The minimum atomic E-state index is -0.983. The van der Waals surface area contributed by atoms with Crippen LogP contribution < -0.4 is 10.2 Å². The zero-order valence-electron chi connectivity index (χ0n) is 22.2. The van der Waals surface area contributed by atoms with E-state index in [9.17, 15) is 14.7 Å². The van der Waals surface area contributed by atoms with E-state index in [1.54, 1.807) is 37.5 Å². The van der Waals surface area contributed by atoms with Gasteiger partial charge in [0, 0.05) is 38.1 Å². The number of nitrogens with zero attached hydrogens (tertiary/aromatic N) is 2. The highest BCUT2D eigenvalue weighted by Gasteiger charge is 2.29. The summed E-state index contributed by atoms with van der Waals surface area (Å²) in [4.78, 5) is 33.4. The van der Waals surface area contributed by atoms with Crippen LogP contribution in [0.1, 0.15) is 37.4 Å². The Bertz CT molecular complexity index is 1530. The minimum Gasteiger partial charge on any atom is -0.478 e. The fourth-order valence-electron chi connectivity index (χ4n) is 5.08. The van der Waals surface area contributed by atoms with Crippen LogP contribution in [-0.2, 0) is 22.7 Å². The van der Waals surface area contributed by atoms with Crippen molar-refractivity contribution >= 4 is 52.6 Å². The molecule has 0 saturated carbocycles. The van der Waals surface area contributed by atoms with Gasteiger partial charge in [-0.25, -0.2) is 9.86 Å². The number of morpholine rings is 1. The number of carboxylic acid groups (broad SMARTS) is 1. The number of rotatable bonds is 7. The highest BCUT2D eigenvalue weighted by molar-refractivity contribution is 6.40. The van der Waals surface area contributed by atoms with Crippen LogP contribution in [0.25, 0.3) is 16.7 Å². The van der Waals surface area contributed by atoms with Gasteiger partial charge < -0.3 is 25.5 Å². The lowest BCUT2D eigenvalue weighted by Crippen LogP contribution is -2.37. The molecule has 3 aromatic carbocycles. The number of halogens is 2. The maximum atomic E-state index is 13.5. The minimum absolute atomic E-state index is 0.116. The number of aromatic carboxylic acids is 1. The predicted molar refractivity (Wildman–Crippen MR) is 159 cm³/mol. The molecule has 212 valence electrons. The molecule has 3 aromatic rings. The lowest BCUT2D eigenvalue weighted by molar-refractivity contribution is -0.149. The SMILES string of the molecule is CN/C=C(\C=N)c1cc(Cl)c(C(=O)N2Cc3cccc(-c4ccc(C(=O)O)c(N5CCOCC5)c4)c3CO2)c(Cl)c1. The largest absolute Gasteiger partial charge is 0.478 e. The van der Waals surface area contributed by atoms with Crippen LogP contribution >= 0.6 is 23.2 Å². The van der Waals surface area contributed by atoms with Gasteiger partial charge in [0.05, 0.1) is 46.6 Å². The molecule has 1 fully saturated rings. The molecule has 5 rings (SSSR count). The van der Waals surface area contributed by atoms with Gasteiger partial charge in [-0.1, -0.05) is 47.5 Å². The number of hydroxylamine groups is 2.